The van der Waals surface area contributed by atoms with Crippen LogP contribution >= 0.6 is 0 Å². The molecule has 0 saturated heterocycles. The molecule has 2 N–H and O–H groups in total. The number of hydrogen-bond acceptors (Lipinski definition) is 3. The van der Waals surface area contributed by atoms with Gasteiger partial charge in [0, 0.05) is 46.2 Å². The van der Waals surface area contributed by atoms with Crippen molar-refractivity contribution < 1.29 is 13.6 Å². The molecular formula is C27H23F2N3O2. The Morgan fingerprint density at radius 1 is 0.971 bits per heavy atom. The normalized spacial score (nSPS) is 11.0. The second-order valence-corrected chi connectivity index (χ2v) is 8.10. The van der Waals surface area contributed by atoms with E-state index in [2.05, 4.69) is 17.2 Å². The molecule has 5 nitrogen and oxygen atoms in total. The van der Waals surface area contributed by atoms with E-state index in [1.54, 1.807) is 41.1 Å². The lowest BCUT2D eigenvalue weighted by atomic mass is 9.98. The molecule has 0 aliphatic rings. The molecule has 34 heavy (non-hydrogen) atoms. The number of nitrogens with one attached hydrogen (secondary N) is 2. The van der Waals surface area contributed by atoms with Crippen molar-refractivity contribution in [3.63, 3.8) is 0 Å². The number of halogens is 2. The molecule has 0 radical (unpaired) electrons. The summed E-state index contributed by atoms with van der Waals surface area (Å²) >= 11 is 0. The van der Waals surface area contributed by atoms with Gasteiger partial charge in [-0.3, -0.25) is 9.59 Å². The van der Waals surface area contributed by atoms with Crippen LogP contribution < -0.4 is 16.2 Å². The lowest BCUT2D eigenvalue weighted by Crippen LogP contribution is -2.22. The molecule has 4 aromatic rings. The number of carbonyl (C=O) groups excluding carboxylic acids is 1. The standard InChI is InChI=1S/C27H23F2N3O2/c1-4-26(33)30-18-10-12-24(31-25-11-9-17(28)13-23(25)29)21(14-18)22-15-32(16(2)3)27(34)20-8-6-5-7-19(20)22/h4-16,31H,1H2,2-3H3,(H,30,33). The van der Waals surface area contributed by atoms with Crippen LogP contribution in [0, 0.1) is 11.6 Å². The lowest BCUT2D eigenvalue weighted by molar-refractivity contribution is -0.111. The Labute approximate surface area is 195 Å². The first-order valence-electron chi connectivity index (χ1n) is 10.7. The molecule has 1 aromatic heterocycles. The van der Waals surface area contributed by atoms with Crippen LogP contribution in [0.2, 0.25) is 0 Å². The predicted molar refractivity (Wildman–Crippen MR) is 132 cm³/mol. The number of benzene rings is 3. The summed E-state index contributed by atoms with van der Waals surface area (Å²) in [5.41, 5.74) is 2.31. The minimum atomic E-state index is -0.744. The van der Waals surface area contributed by atoms with Crippen LogP contribution in [0.1, 0.15) is 19.9 Å². The SMILES string of the molecule is C=CC(=O)Nc1ccc(Nc2ccc(F)cc2F)c(-c2cn(C(C)C)c(=O)c3ccccc23)c1. The molecule has 172 valence electrons. The number of anilines is 3. The molecule has 0 spiro atoms. The summed E-state index contributed by atoms with van der Waals surface area (Å²) in [6.07, 6.45) is 2.92. The van der Waals surface area contributed by atoms with Gasteiger partial charge in [-0.05, 0) is 61.7 Å². The van der Waals surface area contributed by atoms with Gasteiger partial charge >= 0.3 is 0 Å². The quantitative estimate of drug-likeness (QED) is 0.328. The highest BCUT2D eigenvalue weighted by atomic mass is 19.1. The number of carbonyl (C=O) groups is 1. The summed E-state index contributed by atoms with van der Waals surface area (Å²) in [6, 6.07) is 15.5. The van der Waals surface area contributed by atoms with Crippen LogP contribution in [-0.4, -0.2) is 10.5 Å². The van der Waals surface area contributed by atoms with Gasteiger partial charge in [0.05, 0.1) is 5.69 Å². The van der Waals surface area contributed by atoms with Crippen LogP contribution in [0.25, 0.3) is 21.9 Å². The van der Waals surface area contributed by atoms with Crippen molar-refractivity contribution in [3.05, 3.63) is 102 Å². The van der Waals surface area contributed by atoms with Crippen molar-refractivity contribution >= 4 is 33.7 Å². The fraction of sp³-hybridized carbons (Fsp3) is 0.111. The van der Waals surface area contributed by atoms with Crippen LogP contribution in [0.15, 0.2) is 84.3 Å². The van der Waals surface area contributed by atoms with Crippen molar-refractivity contribution in [3.8, 4) is 11.1 Å². The van der Waals surface area contributed by atoms with Gasteiger partial charge in [0.1, 0.15) is 11.6 Å². The molecule has 0 bridgehead atoms. The Bertz CT molecular complexity index is 1470. The minimum absolute atomic E-state index is 0.0898. The third-order valence-corrected chi connectivity index (χ3v) is 5.47. The number of pyridine rings is 1. The number of fused-ring (bicyclic) bond motifs is 1. The van der Waals surface area contributed by atoms with E-state index in [0.29, 0.717) is 33.3 Å². The molecule has 3 aromatic carbocycles. The molecule has 0 saturated carbocycles. The fourth-order valence-electron chi connectivity index (χ4n) is 3.79. The Balaban J connectivity index is 1.98. The van der Waals surface area contributed by atoms with Crippen molar-refractivity contribution in [2.24, 2.45) is 0 Å². The molecular weight excluding hydrogens is 436 g/mol. The van der Waals surface area contributed by atoms with Gasteiger partial charge < -0.3 is 15.2 Å². The molecule has 4 rings (SSSR count). The number of nitrogens with zero attached hydrogens (tertiary/aromatic N) is 1. The number of hydrogen-bond donors (Lipinski definition) is 2. The van der Waals surface area contributed by atoms with Crippen LogP contribution in [0.4, 0.5) is 25.8 Å². The monoisotopic (exact) mass is 459 g/mol. The van der Waals surface area contributed by atoms with E-state index in [9.17, 15) is 18.4 Å². The van der Waals surface area contributed by atoms with Gasteiger partial charge in [-0.25, -0.2) is 8.78 Å². The van der Waals surface area contributed by atoms with E-state index < -0.39 is 11.6 Å². The van der Waals surface area contributed by atoms with E-state index in [0.717, 1.165) is 18.2 Å². The Morgan fingerprint density at radius 3 is 2.35 bits per heavy atom. The Hall–Kier alpha value is -4.26. The molecule has 7 heteroatoms. The molecule has 0 atom stereocenters. The van der Waals surface area contributed by atoms with Gasteiger partial charge in [-0.1, -0.05) is 24.8 Å². The summed E-state index contributed by atoms with van der Waals surface area (Å²) in [7, 11) is 0. The predicted octanol–water partition coefficient (Wildman–Crippen LogP) is 6.40. The highest BCUT2D eigenvalue weighted by Crippen LogP contribution is 2.37. The summed E-state index contributed by atoms with van der Waals surface area (Å²) in [5.74, 6) is -1.80. The summed E-state index contributed by atoms with van der Waals surface area (Å²) in [4.78, 5) is 25.0. The summed E-state index contributed by atoms with van der Waals surface area (Å²) in [6.45, 7) is 7.30. The molecule has 1 heterocycles. The zero-order valence-corrected chi connectivity index (χ0v) is 18.7. The first-order valence-corrected chi connectivity index (χ1v) is 10.7. The smallest absolute Gasteiger partial charge is 0.258 e. The molecule has 0 aliphatic carbocycles. The maximum atomic E-state index is 14.4. The Morgan fingerprint density at radius 2 is 1.68 bits per heavy atom. The molecule has 0 fully saturated rings. The average Bonchev–Trinajstić information content (AvgIpc) is 2.82. The van der Waals surface area contributed by atoms with E-state index in [4.69, 9.17) is 0 Å². The average molecular weight is 459 g/mol. The number of amides is 1. The zero-order valence-electron chi connectivity index (χ0n) is 18.7. The second-order valence-electron chi connectivity index (χ2n) is 8.10. The minimum Gasteiger partial charge on any atom is -0.353 e. The summed E-state index contributed by atoms with van der Waals surface area (Å²) < 4.78 is 29.5. The van der Waals surface area contributed by atoms with Crippen molar-refractivity contribution in [2.45, 2.75) is 19.9 Å². The molecule has 1 amide bonds. The molecule has 0 unspecified atom stereocenters. The third-order valence-electron chi connectivity index (χ3n) is 5.47. The number of rotatable bonds is 6. The van der Waals surface area contributed by atoms with Crippen molar-refractivity contribution in [1.29, 1.82) is 0 Å². The van der Waals surface area contributed by atoms with Crippen LogP contribution in [-0.2, 0) is 4.79 Å². The highest BCUT2D eigenvalue weighted by molar-refractivity contribution is 6.03. The highest BCUT2D eigenvalue weighted by Gasteiger charge is 2.17. The molecule has 0 aliphatic heterocycles. The first kappa shape index (κ1) is 22.9. The maximum absolute atomic E-state index is 14.4. The second kappa shape index (κ2) is 9.31. The van der Waals surface area contributed by atoms with E-state index in [1.165, 1.54) is 6.07 Å². The van der Waals surface area contributed by atoms with Gasteiger partial charge in [-0.2, -0.15) is 0 Å². The topological polar surface area (TPSA) is 63.1 Å². The largest absolute Gasteiger partial charge is 0.353 e. The lowest BCUT2D eigenvalue weighted by Gasteiger charge is -2.19. The van der Waals surface area contributed by atoms with Crippen LogP contribution in [0.3, 0.4) is 0 Å². The van der Waals surface area contributed by atoms with Crippen molar-refractivity contribution in [1.82, 2.24) is 4.57 Å². The zero-order chi connectivity index (χ0) is 24.4. The van der Waals surface area contributed by atoms with Crippen LogP contribution in [0.5, 0.6) is 0 Å². The number of aromatic nitrogens is 1. The van der Waals surface area contributed by atoms with E-state index in [-0.39, 0.29) is 23.2 Å². The van der Waals surface area contributed by atoms with Gasteiger partial charge in [0.15, 0.2) is 0 Å². The Kier molecular flexibility index (Phi) is 6.27. The van der Waals surface area contributed by atoms with Crippen molar-refractivity contribution in [2.75, 3.05) is 10.6 Å². The van der Waals surface area contributed by atoms with E-state index in [1.807, 2.05) is 26.0 Å². The first-order chi connectivity index (χ1) is 16.3. The fourth-order valence-corrected chi connectivity index (χ4v) is 3.79. The van der Waals surface area contributed by atoms with E-state index >= 15 is 0 Å². The maximum Gasteiger partial charge on any atom is 0.258 e. The summed E-state index contributed by atoms with van der Waals surface area (Å²) in [5, 5.41) is 7.00. The van der Waals surface area contributed by atoms with Gasteiger partial charge in [0.25, 0.3) is 5.56 Å². The third kappa shape index (κ3) is 4.45. The van der Waals surface area contributed by atoms with Gasteiger partial charge in [-0.15, -0.1) is 0 Å². The van der Waals surface area contributed by atoms with Gasteiger partial charge in [0.2, 0.25) is 5.91 Å².